The average molecular weight is 213 g/mol. The first-order valence-electron chi connectivity index (χ1n) is 4.50. The first kappa shape index (κ1) is 11.1. The smallest absolute Gasteiger partial charge is 0.311 e. The SMILES string of the molecule is CC(C)[C@H](C(=O)O)c1ccc(Cl)cc1. The maximum Gasteiger partial charge on any atom is 0.311 e. The van der Waals surface area contributed by atoms with Crippen molar-refractivity contribution < 1.29 is 9.90 Å². The lowest BCUT2D eigenvalue weighted by Gasteiger charge is -2.16. The van der Waals surface area contributed by atoms with E-state index in [9.17, 15) is 4.79 Å². The van der Waals surface area contributed by atoms with Gasteiger partial charge in [0.15, 0.2) is 0 Å². The summed E-state index contributed by atoms with van der Waals surface area (Å²) in [7, 11) is 0. The Bertz CT molecular complexity index is 317. The number of aliphatic carboxylic acids is 1. The quantitative estimate of drug-likeness (QED) is 0.836. The van der Waals surface area contributed by atoms with Crippen molar-refractivity contribution in [1.82, 2.24) is 0 Å². The summed E-state index contributed by atoms with van der Waals surface area (Å²) in [4.78, 5) is 11.0. The normalized spacial score (nSPS) is 12.9. The zero-order chi connectivity index (χ0) is 10.7. The molecule has 0 bridgehead atoms. The molecule has 0 radical (unpaired) electrons. The molecule has 0 heterocycles. The number of carboxylic acids is 1. The lowest BCUT2D eigenvalue weighted by molar-refractivity contribution is -0.139. The third-order valence-corrected chi connectivity index (χ3v) is 2.41. The van der Waals surface area contributed by atoms with Gasteiger partial charge in [-0.25, -0.2) is 0 Å². The number of rotatable bonds is 3. The monoisotopic (exact) mass is 212 g/mol. The zero-order valence-corrected chi connectivity index (χ0v) is 8.95. The predicted octanol–water partition coefficient (Wildman–Crippen LogP) is 3.16. The average Bonchev–Trinajstić information content (AvgIpc) is 2.07. The minimum atomic E-state index is -0.790. The second-order valence-corrected chi connectivity index (χ2v) is 4.05. The molecule has 0 amide bonds. The van der Waals surface area contributed by atoms with E-state index in [1.54, 1.807) is 24.3 Å². The van der Waals surface area contributed by atoms with Crippen LogP contribution >= 0.6 is 11.6 Å². The fourth-order valence-corrected chi connectivity index (χ4v) is 1.61. The van der Waals surface area contributed by atoms with E-state index in [1.807, 2.05) is 13.8 Å². The predicted molar refractivity (Wildman–Crippen MR) is 56.7 cm³/mol. The molecule has 0 saturated heterocycles. The van der Waals surface area contributed by atoms with Crippen molar-refractivity contribution in [2.24, 2.45) is 5.92 Å². The van der Waals surface area contributed by atoms with Crippen LogP contribution < -0.4 is 0 Å². The number of halogens is 1. The first-order chi connectivity index (χ1) is 6.52. The molecular formula is C11H13ClO2. The molecule has 0 aromatic heterocycles. The molecule has 0 aliphatic carbocycles. The van der Waals surface area contributed by atoms with Gasteiger partial charge in [0.25, 0.3) is 0 Å². The van der Waals surface area contributed by atoms with Crippen molar-refractivity contribution >= 4 is 17.6 Å². The maximum atomic E-state index is 11.0. The highest BCUT2D eigenvalue weighted by atomic mass is 35.5. The van der Waals surface area contributed by atoms with E-state index in [1.165, 1.54) is 0 Å². The van der Waals surface area contributed by atoms with Crippen molar-refractivity contribution in [2.75, 3.05) is 0 Å². The third-order valence-electron chi connectivity index (χ3n) is 2.16. The topological polar surface area (TPSA) is 37.3 Å². The Balaban J connectivity index is 3.00. The van der Waals surface area contributed by atoms with Gasteiger partial charge in [0.05, 0.1) is 5.92 Å². The van der Waals surface area contributed by atoms with Gasteiger partial charge >= 0.3 is 5.97 Å². The summed E-state index contributed by atoms with van der Waals surface area (Å²) < 4.78 is 0. The number of benzene rings is 1. The Morgan fingerprint density at radius 3 is 2.14 bits per heavy atom. The first-order valence-corrected chi connectivity index (χ1v) is 4.88. The molecule has 0 unspecified atom stereocenters. The Hall–Kier alpha value is -1.02. The van der Waals surface area contributed by atoms with Gasteiger partial charge in [-0.05, 0) is 23.6 Å². The third kappa shape index (κ3) is 2.48. The zero-order valence-electron chi connectivity index (χ0n) is 8.20. The molecule has 0 fully saturated rings. The maximum absolute atomic E-state index is 11.0. The number of carboxylic acid groups (broad SMARTS) is 1. The van der Waals surface area contributed by atoms with E-state index >= 15 is 0 Å². The molecule has 0 spiro atoms. The van der Waals surface area contributed by atoms with E-state index < -0.39 is 11.9 Å². The van der Waals surface area contributed by atoms with Crippen molar-refractivity contribution in [3.63, 3.8) is 0 Å². The molecule has 76 valence electrons. The van der Waals surface area contributed by atoms with Crippen molar-refractivity contribution in [2.45, 2.75) is 19.8 Å². The summed E-state index contributed by atoms with van der Waals surface area (Å²) in [5.74, 6) is -1.16. The minimum absolute atomic E-state index is 0.0775. The van der Waals surface area contributed by atoms with Crippen LogP contribution in [0.3, 0.4) is 0 Å². The van der Waals surface area contributed by atoms with E-state index in [4.69, 9.17) is 16.7 Å². The van der Waals surface area contributed by atoms with Gasteiger partial charge in [-0.2, -0.15) is 0 Å². The van der Waals surface area contributed by atoms with Crippen LogP contribution in [0.4, 0.5) is 0 Å². The van der Waals surface area contributed by atoms with Crippen LogP contribution in [0.15, 0.2) is 24.3 Å². The summed E-state index contributed by atoms with van der Waals surface area (Å²) in [6.07, 6.45) is 0. The van der Waals surface area contributed by atoms with Crippen LogP contribution in [0.1, 0.15) is 25.3 Å². The van der Waals surface area contributed by atoms with E-state index in [0.717, 1.165) is 5.56 Å². The summed E-state index contributed by atoms with van der Waals surface area (Å²) in [6.45, 7) is 3.79. The summed E-state index contributed by atoms with van der Waals surface area (Å²) in [6, 6.07) is 6.96. The molecule has 1 N–H and O–H groups in total. The molecule has 1 atom stereocenters. The van der Waals surface area contributed by atoms with E-state index in [-0.39, 0.29) is 5.92 Å². The molecular weight excluding hydrogens is 200 g/mol. The van der Waals surface area contributed by atoms with Crippen LogP contribution in [0, 0.1) is 5.92 Å². The van der Waals surface area contributed by atoms with Gasteiger partial charge in [0.1, 0.15) is 0 Å². The molecule has 0 aliphatic heterocycles. The highest BCUT2D eigenvalue weighted by Crippen LogP contribution is 2.25. The highest BCUT2D eigenvalue weighted by Gasteiger charge is 2.22. The lowest BCUT2D eigenvalue weighted by Crippen LogP contribution is -2.17. The number of hydrogen-bond donors (Lipinski definition) is 1. The Kier molecular flexibility index (Phi) is 3.53. The van der Waals surface area contributed by atoms with Crippen LogP contribution in [0.25, 0.3) is 0 Å². The summed E-state index contributed by atoms with van der Waals surface area (Å²) in [5.41, 5.74) is 0.803. The largest absolute Gasteiger partial charge is 0.481 e. The highest BCUT2D eigenvalue weighted by molar-refractivity contribution is 6.30. The van der Waals surface area contributed by atoms with Crippen molar-refractivity contribution in [3.05, 3.63) is 34.9 Å². The second-order valence-electron chi connectivity index (χ2n) is 3.61. The van der Waals surface area contributed by atoms with Crippen molar-refractivity contribution in [1.29, 1.82) is 0 Å². The summed E-state index contributed by atoms with van der Waals surface area (Å²) in [5, 5.41) is 9.66. The van der Waals surface area contributed by atoms with Gasteiger partial charge in [-0.15, -0.1) is 0 Å². The Labute approximate surface area is 88.5 Å². The van der Waals surface area contributed by atoms with Crippen molar-refractivity contribution in [3.8, 4) is 0 Å². The molecule has 1 rings (SSSR count). The Morgan fingerprint density at radius 2 is 1.79 bits per heavy atom. The molecule has 1 aromatic rings. The molecule has 0 aliphatic rings. The van der Waals surface area contributed by atoms with Gasteiger partial charge < -0.3 is 5.11 Å². The second kappa shape index (κ2) is 4.47. The molecule has 3 heteroatoms. The fourth-order valence-electron chi connectivity index (χ4n) is 1.48. The lowest BCUT2D eigenvalue weighted by atomic mass is 9.89. The minimum Gasteiger partial charge on any atom is -0.481 e. The van der Waals surface area contributed by atoms with E-state index in [2.05, 4.69) is 0 Å². The van der Waals surface area contributed by atoms with Crippen LogP contribution in [-0.2, 0) is 4.79 Å². The van der Waals surface area contributed by atoms with Crippen LogP contribution in [0.5, 0.6) is 0 Å². The fraction of sp³-hybridized carbons (Fsp3) is 0.364. The molecule has 1 aromatic carbocycles. The standard InChI is InChI=1S/C11H13ClO2/c1-7(2)10(11(13)14)8-3-5-9(12)6-4-8/h3-7,10H,1-2H3,(H,13,14)/t10-/m0/s1. The number of hydrogen-bond acceptors (Lipinski definition) is 1. The molecule has 2 nitrogen and oxygen atoms in total. The van der Waals surface area contributed by atoms with Gasteiger partial charge in [-0.1, -0.05) is 37.6 Å². The van der Waals surface area contributed by atoms with Gasteiger partial charge in [0.2, 0.25) is 0 Å². The van der Waals surface area contributed by atoms with Crippen LogP contribution in [0.2, 0.25) is 5.02 Å². The van der Waals surface area contributed by atoms with Gasteiger partial charge in [0, 0.05) is 5.02 Å². The summed E-state index contributed by atoms with van der Waals surface area (Å²) >= 11 is 5.73. The van der Waals surface area contributed by atoms with Gasteiger partial charge in [-0.3, -0.25) is 4.79 Å². The number of carbonyl (C=O) groups is 1. The molecule has 0 saturated carbocycles. The Morgan fingerprint density at radius 1 is 1.29 bits per heavy atom. The molecule has 14 heavy (non-hydrogen) atoms. The van der Waals surface area contributed by atoms with E-state index in [0.29, 0.717) is 5.02 Å². The van der Waals surface area contributed by atoms with Crippen LogP contribution in [-0.4, -0.2) is 11.1 Å².